The molecule has 1 fully saturated rings. The van der Waals surface area contributed by atoms with Crippen LogP contribution in [0.2, 0.25) is 0 Å². The molecule has 2 aliphatic rings. The van der Waals surface area contributed by atoms with Gasteiger partial charge < -0.3 is 24.4 Å². The third-order valence-electron chi connectivity index (χ3n) is 6.33. The highest BCUT2D eigenvalue weighted by Gasteiger charge is 2.52. The van der Waals surface area contributed by atoms with Crippen LogP contribution in [0, 0.1) is 11.3 Å². The lowest BCUT2D eigenvalue weighted by atomic mass is 9.72. The highest BCUT2D eigenvalue weighted by Crippen LogP contribution is 2.51. The van der Waals surface area contributed by atoms with Crippen molar-refractivity contribution in [1.82, 2.24) is 0 Å². The Balaban J connectivity index is 2.48. The zero-order chi connectivity index (χ0) is 24.3. The second kappa shape index (κ2) is 10.1. The maximum Gasteiger partial charge on any atom is 0.340 e. The van der Waals surface area contributed by atoms with Crippen LogP contribution in [0.1, 0.15) is 66.7 Å². The molecule has 2 aliphatic carbocycles. The second-order valence-electron chi connectivity index (χ2n) is 9.32. The van der Waals surface area contributed by atoms with E-state index in [-0.39, 0.29) is 31.7 Å². The maximum atomic E-state index is 12.6. The first-order valence-corrected chi connectivity index (χ1v) is 11.0. The number of ether oxygens (including phenoxy) is 3. The normalized spacial score (nSPS) is 29.6. The summed E-state index contributed by atoms with van der Waals surface area (Å²) in [6, 6.07) is 0. The summed E-state index contributed by atoms with van der Waals surface area (Å²) in [6.07, 6.45) is -0.217. The fourth-order valence-corrected chi connectivity index (χ4v) is 4.47. The van der Waals surface area contributed by atoms with Crippen molar-refractivity contribution in [3.8, 4) is 0 Å². The van der Waals surface area contributed by atoms with Crippen LogP contribution in [0.3, 0.4) is 0 Å². The first-order chi connectivity index (χ1) is 14.8. The van der Waals surface area contributed by atoms with Gasteiger partial charge in [-0.2, -0.15) is 0 Å². The van der Waals surface area contributed by atoms with Gasteiger partial charge in [0.25, 0.3) is 0 Å². The van der Waals surface area contributed by atoms with E-state index in [2.05, 4.69) is 0 Å². The minimum absolute atomic E-state index is 0.00785. The number of carbonyl (C=O) groups is 4. The highest BCUT2D eigenvalue weighted by molar-refractivity contribution is 5.99. The lowest BCUT2D eigenvalue weighted by molar-refractivity contribution is -0.173. The fourth-order valence-electron chi connectivity index (χ4n) is 4.47. The first-order valence-electron chi connectivity index (χ1n) is 11.0. The van der Waals surface area contributed by atoms with E-state index in [1.54, 1.807) is 6.92 Å². The van der Waals surface area contributed by atoms with E-state index in [0.29, 0.717) is 24.0 Å². The number of carbonyl (C=O) groups excluding carboxylic acids is 4. The molecule has 0 radical (unpaired) electrons. The third-order valence-corrected chi connectivity index (χ3v) is 6.33. The summed E-state index contributed by atoms with van der Waals surface area (Å²) in [4.78, 5) is 48.9. The Kier molecular flexibility index (Phi) is 8.22. The van der Waals surface area contributed by atoms with Crippen molar-refractivity contribution >= 4 is 23.7 Å². The molecule has 0 aromatic heterocycles. The molecule has 180 valence electrons. The van der Waals surface area contributed by atoms with Crippen LogP contribution in [0.15, 0.2) is 11.1 Å². The molecule has 9 nitrogen and oxygen atoms in total. The van der Waals surface area contributed by atoms with Gasteiger partial charge in [0.1, 0.15) is 12.2 Å². The van der Waals surface area contributed by atoms with Crippen molar-refractivity contribution in [3.63, 3.8) is 0 Å². The zero-order valence-corrected chi connectivity index (χ0v) is 19.4. The summed E-state index contributed by atoms with van der Waals surface area (Å²) in [5.74, 6) is -2.40. The first kappa shape index (κ1) is 26.0. The van der Waals surface area contributed by atoms with E-state index in [1.165, 1.54) is 6.92 Å². The summed E-state index contributed by atoms with van der Waals surface area (Å²) >= 11 is 0. The van der Waals surface area contributed by atoms with Gasteiger partial charge >= 0.3 is 17.9 Å². The summed E-state index contributed by atoms with van der Waals surface area (Å²) in [6.45, 7) is 6.97. The Morgan fingerprint density at radius 3 is 2.47 bits per heavy atom. The maximum absolute atomic E-state index is 12.6. The van der Waals surface area contributed by atoms with Crippen molar-refractivity contribution in [1.29, 1.82) is 0 Å². The van der Waals surface area contributed by atoms with Crippen LogP contribution >= 0.6 is 0 Å². The van der Waals surface area contributed by atoms with Crippen molar-refractivity contribution in [2.75, 3.05) is 13.2 Å². The Morgan fingerprint density at radius 2 is 1.91 bits per heavy atom. The predicted molar refractivity (Wildman–Crippen MR) is 112 cm³/mol. The topological polar surface area (TPSA) is 136 Å². The van der Waals surface area contributed by atoms with Crippen molar-refractivity contribution in [2.45, 2.75) is 84.5 Å². The summed E-state index contributed by atoms with van der Waals surface area (Å²) in [7, 11) is 0. The minimum Gasteiger partial charge on any atom is -0.465 e. The predicted octanol–water partition coefficient (Wildman–Crippen LogP) is 1.62. The molecule has 0 spiro atoms. The van der Waals surface area contributed by atoms with Crippen LogP contribution in [-0.4, -0.2) is 64.9 Å². The highest BCUT2D eigenvalue weighted by atomic mass is 16.6. The fraction of sp³-hybridized carbons (Fsp3) is 0.739. The molecule has 0 bridgehead atoms. The third kappa shape index (κ3) is 5.75. The molecule has 0 heterocycles. The van der Waals surface area contributed by atoms with Crippen LogP contribution in [0.25, 0.3) is 0 Å². The number of aliphatic hydroxyl groups excluding tert-OH is 1. The van der Waals surface area contributed by atoms with E-state index in [1.807, 2.05) is 13.8 Å². The molecule has 32 heavy (non-hydrogen) atoms. The van der Waals surface area contributed by atoms with Crippen molar-refractivity contribution < 1.29 is 43.6 Å². The molecular formula is C23H34O9. The zero-order valence-electron chi connectivity index (χ0n) is 19.4. The van der Waals surface area contributed by atoms with Gasteiger partial charge in [-0.25, -0.2) is 4.79 Å². The molecule has 5 atom stereocenters. The smallest absolute Gasteiger partial charge is 0.340 e. The lowest BCUT2D eigenvalue weighted by Crippen LogP contribution is -2.43. The molecule has 0 aliphatic heterocycles. The number of hydrogen-bond acceptors (Lipinski definition) is 9. The quantitative estimate of drug-likeness (QED) is 0.414. The van der Waals surface area contributed by atoms with Crippen LogP contribution < -0.4 is 0 Å². The standard InChI is InChI=1S/C23H34O9/c1-6-7-19(27)31-15-8-18(32-21(28)23(5,29)11-24)20-13(2)17(26)9-16(20)22(4,10-15)12-30-14(3)25/h15-16,18,24,29H,6-12H2,1-5H3. The van der Waals surface area contributed by atoms with Crippen LogP contribution in [0.5, 0.6) is 0 Å². The van der Waals surface area contributed by atoms with Gasteiger partial charge in [0.05, 0.1) is 13.2 Å². The number of hydrogen-bond donors (Lipinski definition) is 2. The molecule has 0 saturated heterocycles. The largest absolute Gasteiger partial charge is 0.465 e. The molecule has 9 heteroatoms. The van der Waals surface area contributed by atoms with Crippen molar-refractivity contribution in [3.05, 3.63) is 11.1 Å². The Labute approximate surface area is 188 Å². The average molecular weight is 455 g/mol. The number of Topliss-reactive ketones (excluding diaryl/α,β-unsaturated/α-hetero) is 1. The number of allylic oxidation sites excluding steroid dienone is 1. The molecule has 1 saturated carbocycles. The SMILES string of the molecule is CCCC(=O)OC1CC(OC(=O)C(C)(O)CO)C2=C(C)C(=O)CC2C(C)(COC(C)=O)C1. The number of ketones is 1. The Hall–Kier alpha value is -2.26. The monoisotopic (exact) mass is 454 g/mol. The van der Waals surface area contributed by atoms with E-state index in [0.717, 1.165) is 6.92 Å². The Morgan fingerprint density at radius 1 is 1.25 bits per heavy atom. The second-order valence-corrected chi connectivity index (χ2v) is 9.32. The van der Waals surface area contributed by atoms with Gasteiger partial charge in [0, 0.05) is 37.5 Å². The molecule has 0 aromatic rings. The van der Waals surface area contributed by atoms with E-state index < -0.39 is 53.7 Å². The summed E-state index contributed by atoms with van der Waals surface area (Å²) in [5.41, 5.74) is -1.83. The minimum atomic E-state index is -2.12. The van der Waals surface area contributed by atoms with Crippen molar-refractivity contribution in [2.24, 2.45) is 11.3 Å². The molecule has 2 rings (SSSR count). The van der Waals surface area contributed by atoms with Crippen LogP contribution in [-0.2, 0) is 33.4 Å². The van der Waals surface area contributed by atoms with Gasteiger partial charge in [-0.15, -0.1) is 0 Å². The molecular weight excluding hydrogens is 420 g/mol. The number of fused-ring (bicyclic) bond motifs is 1. The Bertz CT molecular complexity index is 797. The molecule has 0 aromatic carbocycles. The van der Waals surface area contributed by atoms with Gasteiger partial charge in [0.15, 0.2) is 11.4 Å². The van der Waals surface area contributed by atoms with Crippen LogP contribution in [0.4, 0.5) is 0 Å². The molecule has 5 unspecified atom stereocenters. The number of esters is 3. The van der Waals surface area contributed by atoms with Gasteiger partial charge in [-0.1, -0.05) is 13.8 Å². The van der Waals surface area contributed by atoms with Gasteiger partial charge in [-0.05, 0) is 37.8 Å². The van der Waals surface area contributed by atoms with E-state index in [9.17, 15) is 29.4 Å². The lowest BCUT2D eigenvalue weighted by Gasteiger charge is -2.36. The number of rotatable bonds is 8. The molecule has 0 amide bonds. The number of aliphatic hydroxyl groups is 2. The average Bonchev–Trinajstić information content (AvgIpc) is 2.95. The van der Waals surface area contributed by atoms with E-state index in [4.69, 9.17) is 14.2 Å². The van der Waals surface area contributed by atoms with Gasteiger partial charge in [-0.3, -0.25) is 14.4 Å². The summed E-state index contributed by atoms with van der Waals surface area (Å²) in [5, 5.41) is 19.5. The van der Waals surface area contributed by atoms with Gasteiger partial charge in [0.2, 0.25) is 0 Å². The molecule has 2 N–H and O–H groups in total. The van der Waals surface area contributed by atoms with E-state index >= 15 is 0 Å². The summed E-state index contributed by atoms with van der Waals surface area (Å²) < 4.78 is 16.6.